The average Bonchev–Trinajstić information content (AvgIpc) is 2.16. The van der Waals surface area contributed by atoms with E-state index in [1.165, 1.54) is 6.20 Å². The first-order valence-electron chi connectivity index (χ1n) is 4.70. The second-order valence-corrected chi connectivity index (χ2v) is 3.32. The molecule has 0 fully saturated rings. The maximum atomic E-state index is 5.64. The van der Waals surface area contributed by atoms with E-state index in [1.54, 1.807) is 7.11 Å². The molecule has 3 nitrogen and oxygen atoms in total. The minimum atomic E-state index is -0.254. The van der Waals surface area contributed by atoms with E-state index >= 15 is 0 Å². The molecule has 2 N–H and O–H groups in total. The molecule has 0 bridgehead atoms. The van der Waals surface area contributed by atoms with Gasteiger partial charge in [-0.15, -0.1) is 0 Å². The van der Waals surface area contributed by atoms with Crippen LogP contribution in [0.2, 0.25) is 0 Å². The lowest BCUT2D eigenvalue weighted by Gasteiger charge is -2.24. The Balaban J connectivity index is 4.20. The third-order valence-electron chi connectivity index (χ3n) is 2.12. The predicted octanol–water partition coefficient (Wildman–Crippen LogP) is 2.25. The number of rotatable bonds is 6. The Morgan fingerprint density at radius 2 is 2.29 bits per heavy atom. The lowest BCUT2D eigenvalue weighted by Crippen LogP contribution is -2.26. The molecule has 0 aliphatic rings. The van der Waals surface area contributed by atoms with Crippen LogP contribution in [0, 0.1) is 0 Å². The summed E-state index contributed by atoms with van der Waals surface area (Å²) in [7, 11) is 1.70. The van der Waals surface area contributed by atoms with Crippen molar-refractivity contribution in [2.24, 2.45) is 10.7 Å². The highest BCUT2D eigenvalue weighted by atomic mass is 16.5. The Morgan fingerprint density at radius 3 is 2.71 bits per heavy atom. The topological polar surface area (TPSA) is 47.6 Å². The summed E-state index contributed by atoms with van der Waals surface area (Å²) in [5, 5.41) is 0. The summed E-state index contributed by atoms with van der Waals surface area (Å²) < 4.78 is 5.38. The van der Waals surface area contributed by atoms with E-state index in [4.69, 9.17) is 10.5 Å². The van der Waals surface area contributed by atoms with E-state index in [9.17, 15) is 0 Å². The molecule has 0 amide bonds. The smallest absolute Gasteiger partial charge is 0.0989 e. The third kappa shape index (κ3) is 4.82. The quantitative estimate of drug-likeness (QED) is 0.402. The van der Waals surface area contributed by atoms with Gasteiger partial charge >= 0.3 is 0 Å². The van der Waals surface area contributed by atoms with Crippen LogP contribution in [0.4, 0.5) is 0 Å². The van der Waals surface area contributed by atoms with Gasteiger partial charge in [0.25, 0.3) is 0 Å². The summed E-state index contributed by atoms with van der Waals surface area (Å²) in [5.41, 5.74) is 5.39. The van der Waals surface area contributed by atoms with E-state index in [0.717, 1.165) is 6.42 Å². The maximum absolute atomic E-state index is 5.64. The second-order valence-electron chi connectivity index (χ2n) is 3.32. The van der Waals surface area contributed by atoms with Crippen LogP contribution >= 0.6 is 0 Å². The molecule has 1 atom stereocenters. The number of hydrogen-bond acceptors (Lipinski definition) is 2. The largest absolute Gasteiger partial charge is 0.387 e. The number of nitrogens with two attached hydrogens (primary N) is 1. The van der Waals surface area contributed by atoms with Gasteiger partial charge in [0.15, 0.2) is 0 Å². The summed E-state index contributed by atoms with van der Waals surface area (Å²) in [4.78, 5) is 3.90. The lowest BCUT2D eigenvalue weighted by molar-refractivity contribution is 0.0430. The second kappa shape index (κ2) is 6.38. The van der Waals surface area contributed by atoms with E-state index in [-0.39, 0.29) is 5.60 Å². The van der Waals surface area contributed by atoms with E-state index in [0.29, 0.717) is 12.3 Å². The summed E-state index contributed by atoms with van der Waals surface area (Å²) >= 11 is 0. The van der Waals surface area contributed by atoms with Crippen LogP contribution in [0.5, 0.6) is 0 Å². The number of nitrogens with zero attached hydrogens (tertiary/aromatic N) is 1. The molecule has 0 saturated carbocycles. The standard InChI is InChI=1S/C11H20N2O/c1-5-8-11(3,14-4)9-7-10(12)13-6-2/h5-6,8H,2,7,9H2,1,3-4H3,(H2,12,13)/b8-5-. The Kier molecular flexibility index (Phi) is 5.88. The summed E-state index contributed by atoms with van der Waals surface area (Å²) in [6, 6.07) is 0. The molecule has 0 heterocycles. The normalized spacial score (nSPS) is 16.9. The average molecular weight is 196 g/mol. The van der Waals surface area contributed by atoms with Crippen molar-refractivity contribution in [3.05, 3.63) is 24.9 Å². The van der Waals surface area contributed by atoms with Gasteiger partial charge in [-0.1, -0.05) is 18.7 Å². The van der Waals surface area contributed by atoms with Gasteiger partial charge in [-0.3, -0.25) is 0 Å². The van der Waals surface area contributed by atoms with Crippen LogP contribution < -0.4 is 5.73 Å². The van der Waals surface area contributed by atoms with Crippen LogP contribution in [0.1, 0.15) is 26.7 Å². The van der Waals surface area contributed by atoms with E-state index in [1.807, 2.05) is 26.0 Å². The molecule has 0 aromatic carbocycles. The van der Waals surface area contributed by atoms with Gasteiger partial charge in [-0.2, -0.15) is 0 Å². The first-order valence-corrected chi connectivity index (χ1v) is 4.70. The van der Waals surface area contributed by atoms with Gasteiger partial charge in [-0.25, -0.2) is 4.99 Å². The predicted molar refractivity (Wildman–Crippen MR) is 61.3 cm³/mol. The van der Waals surface area contributed by atoms with Crippen molar-refractivity contribution in [3.63, 3.8) is 0 Å². The van der Waals surface area contributed by atoms with Crippen molar-refractivity contribution >= 4 is 5.84 Å². The third-order valence-corrected chi connectivity index (χ3v) is 2.12. The lowest BCUT2D eigenvalue weighted by atomic mass is 9.99. The summed E-state index contributed by atoms with van der Waals surface area (Å²) in [5.74, 6) is 0.591. The molecule has 0 aliphatic carbocycles. The van der Waals surface area contributed by atoms with Crippen LogP contribution in [0.15, 0.2) is 29.9 Å². The fourth-order valence-electron chi connectivity index (χ4n) is 1.16. The fraction of sp³-hybridized carbons (Fsp3) is 0.545. The van der Waals surface area contributed by atoms with Gasteiger partial charge in [0, 0.05) is 19.7 Å². The van der Waals surface area contributed by atoms with Gasteiger partial charge in [0.2, 0.25) is 0 Å². The zero-order chi connectivity index (χ0) is 11.0. The molecule has 0 aliphatic heterocycles. The SMILES string of the molecule is C=CN=C(N)CCC(C)(/C=C\C)OC. The number of methoxy groups -OCH3 is 1. The van der Waals surface area contributed by atoms with Crippen molar-refractivity contribution in [2.75, 3.05) is 7.11 Å². The number of allylic oxidation sites excluding steroid dienone is 1. The monoisotopic (exact) mass is 196 g/mol. The molecule has 14 heavy (non-hydrogen) atoms. The number of hydrogen-bond donors (Lipinski definition) is 1. The van der Waals surface area contributed by atoms with E-state index in [2.05, 4.69) is 11.6 Å². The highest BCUT2D eigenvalue weighted by Crippen LogP contribution is 2.18. The van der Waals surface area contributed by atoms with Crippen LogP contribution in [0.3, 0.4) is 0 Å². The number of aliphatic imine (C=N–C) groups is 1. The molecule has 3 heteroatoms. The highest BCUT2D eigenvalue weighted by molar-refractivity contribution is 5.80. The van der Waals surface area contributed by atoms with Crippen LogP contribution in [-0.4, -0.2) is 18.5 Å². The molecule has 0 spiro atoms. The van der Waals surface area contributed by atoms with Crippen LogP contribution in [-0.2, 0) is 4.74 Å². The van der Waals surface area contributed by atoms with Gasteiger partial charge in [0.1, 0.15) is 0 Å². The van der Waals surface area contributed by atoms with Crippen molar-refractivity contribution < 1.29 is 4.74 Å². The molecular formula is C11H20N2O. The Bertz CT molecular complexity index is 233. The molecule has 1 unspecified atom stereocenters. The zero-order valence-electron chi connectivity index (χ0n) is 9.29. The Labute approximate surface area is 86.4 Å². The van der Waals surface area contributed by atoms with Gasteiger partial charge < -0.3 is 10.5 Å². The first-order chi connectivity index (χ1) is 6.58. The van der Waals surface area contributed by atoms with Crippen molar-refractivity contribution in [3.8, 4) is 0 Å². The van der Waals surface area contributed by atoms with Gasteiger partial charge in [0.05, 0.1) is 11.4 Å². The Hall–Kier alpha value is -1.09. The minimum absolute atomic E-state index is 0.254. The molecule has 0 radical (unpaired) electrons. The van der Waals surface area contributed by atoms with Crippen molar-refractivity contribution in [1.82, 2.24) is 0 Å². The maximum Gasteiger partial charge on any atom is 0.0989 e. The molecule has 0 aromatic heterocycles. The van der Waals surface area contributed by atoms with E-state index < -0.39 is 0 Å². The molecular weight excluding hydrogens is 176 g/mol. The summed E-state index contributed by atoms with van der Waals surface area (Å²) in [6.45, 7) is 7.48. The minimum Gasteiger partial charge on any atom is -0.387 e. The Morgan fingerprint density at radius 1 is 1.64 bits per heavy atom. The number of ether oxygens (including phenoxy) is 1. The molecule has 0 rings (SSSR count). The highest BCUT2D eigenvalue weighted by Gasteiger charge is 2.19. The first kappa shape index (κ1) is 12.9. The fourth-order valence-corrected chi connectivity index (χ4v) is 1.16. The number of amidine groups is 1. The molecule has 0 aromatic rings. The molecule has 0 saturated heterocycles. The van der Waals surface area contributed by atoms with Gasteiger partial charge in [-0.05, 0) is 20.3 Å². The van der Waals surface area contributed by atoms with Crippen molar-refractivity contribution in [1.29, 1.82) is 0 Å². The zero-order valence-corrected chi connectivity index (χ0v) is 9.29. The summed E-state index contributed by atoms with van der Waals surface area (Å²) in [6.07, 6.45) is 6.98. The van der Waals surface area contributed by atoms with Crippen molar-refractivity contribution in [2.45, 2.75) is 32.3 Å². The molecule has 80 valence electrons. The van der Waals surface area contributed by atoms with Crippen LogP contribution in [0.25, 0.3) is 0 Å².